The van der Waals surface area contributed by atoms with E-state index in [-0.39, 0.29) is 18.9 Å². The molecule has 8 nitrogen and oxygen atoms in total. The van der Waals surface area contributed by atoms with Gasteiger partial charge in [-0.05, 0) is 38.7 Å². The van der Waals surface area contributed by atoms with Crippen LogP contribution in [-0.4, -0.2) is 44.3 Å². The lowest BCUT2D eigenvalue weighted by molar-refractivity contribution is -0.146. The number of rotatable bonds is 6. The molecule has 28 heavy (non-hydrogen) atoms. The highest BCUT2D eigenvalue weighted by atomic mass is 32.2. The van der Waals surface area contributed by atoms with Crippen LogP contribution in [0.2, 0.25) is 0 Å². The van der Waals surface area contributed by atoms with Crippen LogP contribution in [0.1, 0.15) is 22.5 Å². The second kappa shape index (κ2) is 8.39. The molecule has 1 amide bonds. The van der Waals surface area contributed by atoms with Gasteiger partial charge in [-0.1, -0.05) is 30.0 Å². The molecule has 9 heteroatoms. The monoisotopic (exact) mass is 399 g/mol. The summed E-state index contributed by atoms with van der Waals surface area (Å²) in [5.41, 5.74) is 3.81. The lowest BCUT2D eigenvalue weighted by Crippen LogP contribution is -2.22. The number of amides is 1. The summed E-state index contributed by atoms with van der Waals surface area (Å²) < 4.78 is 6.76. The first-order valence-corrected chi connectivity index (χ1v) is 9.89. The number of hydrogen-bond acceptors (Lipinski definition) is 7. The molecule has 0 aliphatic rings. The minimum Gasteiger partial charge on any atom is -0.455 e. The Labute approximate surface area is 166 Å². The van der Waals surface area contributed by atoms with E-state index >= 15 is 0 Å². The number of esters is 1. The fourth-order valence-electron chi connectivity index (χ4n) is 2.77. The molecule has 0 unspecified atom stereocenters. The maximum atomic E-state index is 12.3. The van der Waals surface area contributed by atoms with Gasteiger partial charge in [-0.3, -0.25) is 9.59 Å². The maximum absolute atomic E-state index is 12.3. The first-order valence-electron chi connectivity index (χ1n) is 8.67. The first-order chi connectivity index (χ1) is 13.4. The van der Waals surface area contributed by atoms with Gasteiger partial charge in [-0.2, -0.15) is 4.98 Å². The summed E-state index contributed by atoms with van der Waals surface area (Å²) in [6.07, 6.45) is 1.89. The van der Waals surface area contributed by atoms with E-state index in [1.165, 1.54) is 11.8 Å². The summed E-state index contributed by atoms with van der Waals surface area (Å²) >= 11 is 1.42. The Hall–Kier alpha value is -2.94. The molecule has 0 atom stereocenters. The van der Waals surface area contributed by atoms with Crippen LogP contribution in [0.15, 0.2) is 29.4 Å². The predicted molar refractivity (Wildman–Crippen MR) is 107 cm³/mol. The Kier molecular flexibility index (Phi) is 5.93. The number of hydrogen-bond donors (Lipinski definition) is 1. The number of anilines is 1. The molecule has 0 spiro atoms. The fraction of sp³-hybridized carbons (Fsp3) is 0.316. The van der Waals surface area contributed by atoms with Crippen LogP contribution in [0, 0.1) is 20.8 Å². The lowest BCUT2D eigenvalue weighted by atomic mass is 10.1. The third-order valence-corrected chi connectivity index (χ3v) is 4.85. The van der Waals surface area contributed by atoms with E-state index in [1.54, 1.807) is 10.6 Å². The van der Waals surface area contributed by atoms with Crippen LogP contribution in [0.5, 0.6) is 0 Å². The van der Waals surface area contributed by atoms with Crippen molar-refractivity contribution in [1.29, 1.82) is 0 Å². The van der Waals surface area contributed by atoms with Crippen LogP contribution in [0.4, 0.5) is 5.69 Å². The van der Waals surface area contributed by atoms with E-state index in [2.05, 4.69) is 20.4 Å². The highest BCUT2D eigenvalue weighted by molar-refractivity contribution is 7.98. The Balaban J connectivity index is 1.64. The molecular formula is C19H21N5O3S. The Bertz CT molecular complexity index is 1050. The average molecular weight is 399 g/mol. The van der Waals surface area contributed by atoms with Gasteiger partial charge in [0.15, 0.2) is 6.61 Å². The minimum absolute atomic E-state index is 0.00666. The number of aromatic nitrogens is 4. The van der Waals surface area contributed by atoms with Crippen molar-refractivity contribution in [2.75, 3.05) is 18.2 Å². The van der Waals surface area contributed by atoms with Gasteiger partial charge in [-0.25, -0.2) is 9.50 Å². The third kappa shape index (κ3) is 4.30. The topological polar surface area (TPSA) is 98.5 Å². The van der Waals surface area contributed by atoms with Gasteiger partial charge in [0.05, 0.1) is 6.42 Å². The van der Waals surface area contributed by atoms with E-state index < -0.39 is 5.97 Å². The van der Waals surface area contributed by atoms with Gasteiger partial charge >= 0.3 is 5.97 Å². The molecule has 0 aliphatic carbocycles. The SMILES string of the molecule is CSc1nc2nc(C)c(CC(=O)OCC(=O)Nc3ccccc3C)c(C)n2n1. The summed E-state index contributed by atoms with van der Waals surface area (Å²) in [5.74, 6) is -0.392. The van der Waals surface area contributed by atoms with Crippen LogP contribution in [-0.2, 0) is 20.7 Å². The first kappa shape index (κ1) is 19.8. The van der Waals surface area contributed by atoms with Crippen molar-refractivity contribution in [1.82, 2.24) is 19.6 Å². The molecule has 0 fully saturated rings. The second-order valence-electron chi connectivity index (χ2n) is 6.27. The zero-order valence-corrected chi connectivity index (χ0v) is 17.0. The van der Waals surface area contributed by atoms with Gasteiger partial charge in [0, 0.05) is 22.6 Å². The fourth-order valence-corrected chi connectivity index (χ4v) is 3.11. The number of thioether (sulfide) groups is 1. The lowest BCUT2D eigenvalue weighted by Gasteiger charge is -2.11. The summed E-state index contributed by atoms with van der Waals surface area (Å²) in [5, 5.41) is 7.70. The van der Waals surface area contributed by atoms with Gasteiger partial charge in [0.1, 0.15) is 0 Å². The summed E-state index contributed by atoms with van der Waals surface area (Å²) in [6, 6.07) is 7.40. The number of nitrogens with one attached hydrogen (secondary N) is 1. The van der Waals surface area contributed by atoms with Crippen molar-refractivity contribution < 1.29 is 14.3 Å². The number of fused-ring (bicyclic) bond motifs is 1. The predicted octanol–water partition coefficient (Wildman–Crippen LogP) is 2.50. The zero-order chi connectivity index (χ0) is 20.3. The van der Waals surface area contributed by atoms with Crippen molar-refractivity contribution in [3.63, 3.8) is 0 Å². The quantitative estimate of drug-likeness (QED) is 0.502. The van der Waals surface area contributed by atoms with Gasteiger partial charge in [-0.15, -0.1) is 5.10 Å². The van der Waals surface area contributed by atoms with Crippen LogP contribution in [0.3, 0.4) is 0 Å². The van der Waals surface area contributed by atoms with Crippen molar-refractivity contribution >= 4 is 35.1 Å². The molecule has 146 valence electrons. The van der Waals surface area contributed by atoms with Crippen molar-refractivity contribution in [2.45, 2.75) is 32.3 Å². The van der Waals surface area contributed by atoms with Gasteiger partial charge < -0.3 is 10.1 Å². The molecule has 0 bridgehead atoms. The molecular weight excluding hydrogens is 378 g/mol. The van der Waals surface area contributed by atoms with E-state index in [0.717, 1.165) is 16.8 Å². The number of ether oxygens (including phenoxy) is 1. The Morgan fingerprint density at radius 2 is 1.93 bits per heavy atom. The number of benzene rings is 1. The minimum atomic E-state index is -0.502. The molecule has 0 saturated carbocycles. The summed E-state index contributed by atoms with van der Waals surface area (Å²) in [6.45, 7) is 5.21. The van der Waals surface area contributed by atoms with Gasteiger partial charge in [0.2, 0.25) is 5.16 Å². The highest BCUT2D eigenvalue weighted by Gasteiger charge is 2.17. The maximum Gasteiger partial charge on any atom is 0.310 e. The van der Waals surface area contributed by atoms with E-state index in [9.17, 15) is 9.59 Å². The average Bonchev–Trinajstić information content (AvgIpc) is 3.08. The van der Waals surface area contributed by atoms with Crippen LogP contribution < -0.4 is 5.32 Å². The van der Waals surface area contributed by atoms with Crippen LogP contribution in [0.25, 0.3) is 5.78 Å². The molecule has 0 aliphatic heterocycles. The van der Waals surface area contributed by atoms with Crippen molar-refractivity contribution in [2.24, 2.45) is 0 Å². The smallest absolute Gasteiger partial charge is 0.310 e. The Morgan fingerprint density at radius 1 is 1.18 bits per heavy atom. The van der Waals surface area contributed by atoms with E-state index in [0.29, 0.717) is 22.3 Å². The number of aryl methyl sites for hydroxylation is 3. The van der Waals surface area contributed by atoms with Crippen LogP contribution >= 0.6 is 11.8 Å². The highest BCUT2D eigenvalue weighted by Crippen LogP contribution is 2.17. The molecule has 1 aromatic carbocycles. The summed E-state index contributed by atoms with van der Waals surface area (Å²) in [7, 11) is 0. The molecule has 3 rings (SSSR count). The molecule has 2 heterocycles. The number of carbonyl (C=O) groups is 2. The molecule has 2 aromatic heterocycles. The molecule has 0 saturated heterocycles. The van der Waals surface area contributed by atoms with E-state index in [1.807, 2.05) is 45.2 Å². The normalized spacial score (nSPS) is 10.9. The standard InChI is InChI=1S/C19H21N5O3S/c1-11-7-5-6-8-15(11)21-16(25)10-27-17(26)9-14-12(2)20-18-22-19(28-4)23-24(18)13(14)3/h5-8H,9-10H2,1-4H3,(H,21,25). The molecule has 1 N–H and O–H groups in total. The zero-order valence-electron chi connectivity index (χ0n) is 16.1. The number of para-hydroxylation sites is 1. The third-order valence-electron chi connectivity index (χ3n) is 4.32. The number of nitrogens with zero attached hydrogens (tertiary/aromatic N) is 4. The number of carbonyl (C=O) groups excluding carboxylic acids is 2. The Morgan fingerprint density at radius 3 is 2.64 bits per heavy atom. The van der Waals surface area contributed by atoms with Crippen molar-refractivity contribution in [3.8, 4) is 0 Å². The van der Waals surface area contributed by atoms with Gasteiger partial charge in [0.25, 0.3) is 11.7 Å². The van der Waals surface area contributed by atoms with E-state index in [4.69, 9.17) is 4.74 Å². The second-order valence-corrected chi connectivity index (χ2v) is 7.05. The molecule has 3 aromatic rings. The largest absolute Gasteiger partial charge is 0.455 e. The molecule has 0 radical (unpaired) electrons. The van der Waals surface area contributed by atoms with Crippen molar-refractivity contribution in [3.05, 3.63) is 46.8 Å². The summed E-state index contributed by atoms with van der Waals surface area (Å²) in [4.78, 5) is 33.0.